The highest BCUT2D eigenvalue weighted by Gasteiger charge is 2.15. The van der Waals surface area contributed by atoms with Gasteiger partial charge in [-0.3, -0.25) is 9.89 Å². The Morgan fingerprint density at radius 2 is 2.18 bits per heavy atom. The molecule has 3 aromatic rings. The van der Waals surface area contributed by atoms with Gasteiger partial charge < -0.3 is 15.2 Å². The second-order valence-corrected chi connectivity index (χ2v) is 5.23. The molecule has 0 radical (unpaired) electrons. The molecule has 112 valence electrons. The first-order valence-electron chi connectivity index (χ1n) is 5.98. The van der Waals surface area contributed by atoms with Crippen LogP contribution >= 0.6 is 11.3 Å². The topological polar surface area (TPSA) is 104 Å². The highest BCUT2D eigenvalue weighted by molar-refractivity contribution is 7.20. The van der Waals surface area contributed by atoms with Gasteiger partial charge in [0.1, 0.15) is 10.6 Å². The van der Waals surface area contributed by atoms with Crippen LogP contribution in [0.3, 0.4) is 0 Å². The second kappa shape index (κ2) is 5.45. The number of rotatable bonds is 3. The van der Waals surface area contributed by atoms with Crippen molar-refractivity contribution in [3.8, 4) is 5.06 Å². The van der Waals surface area contributed by atoms with Crippen molar-refractivity contribution in [2.75, 3.05) is 5.32 Å². The van der Waals surface area contributed by atoms with E-state index in [4.69, 9.17) is 5.11 Å². The summed E-state index contributed by atoms with van der Waals surface area (Å²) in [6, 6.07) is 6.67. The average Bonchev–Trinajstić information content (AvgIpc) is 2.99. The molecule has 1 aromatic carbocycles. The Kier molecular flexibility index (Phi) is 3.47. The van der Waals surface area contributed by atoms with E-state index in [2.05, 4.69) is 20.3 Å². The highest BCUT2D eigenvalue weighted by atomic mass is 32.1. The van der Waals surface area contributed by atoms with E-state index >= 15 is 0 Å². The summed E-state index contributed by atoms with van der Waals surface area (Å²) in [6.45, 7) is 0. The molecule has 0 aliphatic heterocycles. The van der Waals surface area contributed by atoms with Crippen LogP contribution < -0.4 is 10.1 Å². The number of fused-ring (bicyclic) bond motifs is 1. The minimum atomic E-state index is -1.43. The smallest absolute Gasteiger partial charge is 0.449 e. The third-order valence-electron chi connectivity index (χ3n) is 2.74. The number of aromatic amines is 1. The van der Waals surface area contributed by atoms with E-state index in [1.807, 2.05) is 0 Å². The van der Waals surface area contributed by atoms with Gasteiger partial charge in [0.2, 0.25) is 0 Å². The molecule has 9 heteroatoms. The molecule has 0 atom stereocenters. The number of carbonyl (C=O) groups is 2. The Balaban J connectivity index is 1.85. The van der Waals surface area contributed by atoms with Gasteiger partial charge in [0, 0.05) is 11.6 Å². The van der Waals surface area contributed by atoms with Gasteiger partial charge in [-0.05, 0) is 18.2 Å². The Labute approximate surface area is 126 Å². The summed E-state index contributed by atoms with van der Waals surface area (Å²) in [7, 11) is 0. The van der Waals surface area contributed by atoms with E-state index in [0.717, 1.165) is 17.4 Å². The average molecular weight is 321 g/mol. The summed E-state index contributed by atoms with van der Waals surface area (Å²) < 4.78 is 17.7. The Hall–Kier alpha value is -2.94. The van der Waals surface area contributed by atoms with Crippen LogP contribution in [0.4, 0.5) is 15.0 Å². The van der Waals surface area contributed by atoms with Crippen LogP contribution in [0, 0.1) is 5.82 Å². The predicted octanol–water partition coefficient (Wildman–Crippen LogP) is 3.07. The van der Waals surface area contributed by atoms with Crippen LogP contribution in [0.25, 0.3) is 10.2 Å². The summed E-state index contributed by atoms with van der Waals surface area (Å²) in [5.74, 6) is -0.840. The molecule has 22 heavy (non-hydrogen) atoms. The van der Waals surface area contributed by atoms with Gasteiger partial charge in [-0.15, -0.1) is 0 Å². The summed E-state index contributed by atoms with van der Waals surface area (Å²) in [6.07, 6.45) is -1.43. The number of carboxylic acid groups (broad SMARTS) is 1. The molecule has 0 saturated heterocycles. The fourth-order valence-electron chi connectivity index (χ4n) is 1.84. The van der Waals surface area contributed by atoms with Crippen molar-refractivity contribution in [2.45, 2.75) is 0 Å². The van der Waals surface area contributed by atoms with Crippen LogP contribution in [0.5, 0.6) is 5.06 Å². The molecular weight excluding hydrogens is 313 g/mol. The third kappa shape index (κ3) is 2.74. The fraction of sp³-hybridized carbons (Fsp3) is 0. The second-order valence-electron chi connectivity index (χ2n) is 4.21. The molecular formula is C13H8FN3O4S. The maximum absolute atomic E-state index is 13.1. The van der Waals surface area contributed by atoms with Crippen molar-refractivity contribution in [3.05, 3.63) is 41.7 Å². The number of ether oxygens (including phenoxy) is 1. The van der Waals surface area contributed by atoms with Gasteiger partial charge >= 0.3 is 6.16 Å². The van der Waals surface area contributed by atoms with Gasteiger partial charge in [-0.1, -0.05) is 17.4 Å². The zero-order chi connectivity index (χ0) is 15.7. The molecule has 1 amide bonds. The van der Waals surface area contributed by atoms with Crippen molar-refractivity contribution in [3.63, 3.8) is 0 Å². The van der Waals surface area contributed by atoms with Crippen LogP contribution in [0.15, 0.2) is 30.3 Å². The highest BCUT2D eigenvalue weighted by Crippen LogP contribution is 2.34. The molecule has 0 saturated carbocycles. The first-order valence-corrected chi connectivity index (χ1v) is 6.80. The summed E-state index contributed by atoms with van der Waals surface area (Å²) >= 11 is 1.04. The molecule has 0 aliphatic rings. The van der Waals surface area contributed by atoms with Crippen molar-refractivity contribution in [1.29, 1.82) is 0 Å². The number of H-pyrrole nitrogens is 1. The third-order valence-corrected chi connectivity index (χ3v) is 3.66. The molecule has 0 spiro atoms. The number of hydrogen-bond acceptors (Lipinski definition) is 5. The zero-order valence-electron chi connectivity index (χ0n) is 10.8. The molecule has 3 rings (SSSR count). The van der Waals surface area contributed by atoms with Crippen LogP contribution in [0.2, 0.25) is 0 Å². The number of aromatic nitrogens is 2. The number of hydrogen-bond donors (Lipinski definition) is 3. The number of amides is 1. The maximum Gasteiger partial charge on any atom is 0.512 e. The number of nitrogens with zero attached hydrogens (tertiary/aromatic N) is 1. The van der Waals surface area contributed by atoms with E-state index in [1.165, 1.54) is 24.3 Å². The van der Waals surface area contributed by atoms with Crippen LogP contribution in [0.1, 0.15) is 10.4 Å². The summed E-state index contributed by atoms with van der Waals surface area (Å²) in [5.41, 5.74) is 0.147. The van der Waals surface area contributed by atoms with Gasteiger partial charge in [-0.25, -0.2) is 9.18 Å². The lowest BCUT2D eigenvalue weighted by Crippen LogP contribution is -2.12. The molecule has 2 heterocycles. The van der Waals surface area contributed by atoms with Crippen molar-refractivity contribution in [2.24, 2.45) is 0 Å². The molecule has 3 N–H and O–H groups in total. The van der Waals surface area contributed by atoms with Crippen LogP contribution in [-0.2, 0) is 0 Å². The molecule has 2 aromatic heterocycles. The quantitative estimate of drug-likeness (QED) is 0.643. The minimum Gasteiger partial charge on any atom is -0.449 e. The van der Waals surface area contributed by atoms with E-state index in [0.29, 0.717) is 10.2 Å². The Morgan fingerprint density at radius 3 is 2.91 bits per heavy atom. The number of benzene rings is 1. The van der Waals surface area contributed by atoms with E-state index in [9.17, 15) is 14.0 Å². The number of halogens is 1. The first-order chi connectivity index (χ1) is 10.5. The molecule has 0 unspecified atom stereocenters. The van der Waals surface area contributed by atoms with Crippen molar-refractivity contribution in [1.82, 2.24) is 10.2 Å². The maximum atomic E-state index is 13.1. The normalized spacial score (nSPS) is 10.6. The number of nitrogens with one attached hydrogen (secondary N) is 2. The Bertz CT molecular complexity index is 873. The van der Waals surface area contributed by atoms with Gasteiger partial charge in [0.15, 0.2) is 10.9 Å². The predicted molar refractivity (Wildman–Crippen MR) is 77.0 cm³/mol. The lowest BCUT2D eigenvalue weighted by molar-refractivity contribution is 0.102. The van der Waals surface area contributed by atoms with Gasteiger partial charge in [0.05, 0.1) is 5.39 Å². The molecule has 0 aliphatic carbocycles. The zero-order valence-corrected chi connectivity index (χ0v) is 11.6. The molecule has 7 nitrogen and oxygen atoms in total. The molecule has 0 bridgehead atoms. The number of anilines is 1. The van der Waals surface area contributed by atoms with Gasteiger partial charge in [0.25, 0.3) is 5.91 Å². The van der Waals surface area contributed by atoms with E-state index in [-0.39, 0.29) is 16.4 Å². The van der Waals surface area contributed by atoms with Gasteiger partial charge in [-0.2, -0.15) is 5.10 Å². The van der Waals surface area contributed by atoms with E-state index < -0.39 is 17.9 Å². The number of carbonyl (C=O) groups excluding carboxylic acids is 1. The van der Waals surface area contributed by atoms with E-state index in [1.54, 1.807) is 0 Å². The Morgan fingerprint density at radius 1 is 1.36 bits per heavy atom. The standard InChI is InChI=1S/C13H8FN3O4S/c14-7-3-1-2-6(4-7)11(18)15-10-8-5-9(21-13(19)20)22-12(8)17-16-10/h1-5H,(H,19,20)(H2,15,16,17,18). The lowest BCUT2D eigenvalue weighted by Gasteiger charge is -2.02. The molecule has 0 fully saturated rings. The summed E-state index contributed by atoms with van der Waals surface area (Å²) in [5, 5.41) is 18.3. The van der Waals surface area contributed by atoms with Crippen molar-refractivity contribution < 1.29 is 23.8 Å². The van der Waals surface area contributed by atoms with Crippen LogP contribution in [-0.4, -0.2) is 27.4 Å². The van der Waals surface area contributed by atoms with Crippen molar-refractivity contribution >= 4 is 39.4 Å². The largest absolute Gasteiger partial charge is 0.512 e. The first kappa shape index (κ1) is 14.0. The lowest BCUT2D eigenvalue weighted by atomic mass is 10.2. The minimum absolute atomic E-state index is 0.147. The number of thiophene rings is 1. The summed E-state index contributed by atoms with van der Waals surface area (Å²) in [4.78, 5) is 23.1. The fourth-order valence-corrected chi connectivity index (χ4v) is 2.68. The SMILES string of the molecule is O=C(O)Oc1cc2c(NC(=O)c3cccc(F)c3)n[nH]c2s1. The monoisotopic (exact) mass is 321 g/mol.